The number of nitrogens with one attached hydrogen (secondary N) is 3. The van der Waals surface area contributed by atoms with Gasteiger partial charge in [-0.1, -0.05) is 32.9 Å². The molecule has 31 heavy (non-hydrogen) atoms. The maximum atomic E-state index is 12.9. The fraction of sp³-hybridized carbons (Fsp3) is 0.640. The van der Waals surface area contributed by atoms with E-state index in [0.717, 1.165) is 24.8 Å². The highest BCUT2D eigenvalue weighted by Gasteiger charge is 2.54. The van der Waals surface area contributed by atoms with Crippen molar-refractivity contribution in [3.63, 3.8) is 0 Å². The lowest BCUT2D eigenvalue weighted by Gasteiger charge is -2.55. The Morgan fingerprint density at radius 3 is 1.97 bits per heavy atom. The number of carbonyl (C=O) groups is 3. The third kappa shape index (κ3) is 4.78. The molecule has 4 bridgehead atoms. The third-order valence-corrected chi connectivity index (χ3v) is 7.49. The molecule has 1 aromatic carbocycles. The zero-order chi connectivity index (χ0) is 22.2. The summed E-state index contributed by atoms with van der Waals surface area (Å²) >= 11 is 0. The second kappa shape index (κ2) is 8.29. The van der Waals surface area contributed by atoms with Gasteiger partial charge >= 0.3 is 0 Å². The predicted molar refractivity (Wildman–Crippen MR) is 119 cm³/mol. The Balaban J connectivity index is 1.19. The smallest absolute Gasteiger partial charge is 0.269 e. The summed E-state index contributed by atoms with van der Waals surface area (Å²) in [5.41, 5.74) is 6.35. The maximum Gasteiger partial charge on any atom is 0.269 e. The van der Waals surface area contributed by atoms with E-state index in [0.29, 0.717) is 29.9 Å². The van der Waals surface area contributed by atoms with Gasteiger partial charge in [-0.05, 0) is 79.4 Å². The molecule has 0 aromatic heterocycles. The van der Waals surface area contributed by atoms with Crippen LogP contribution in [-0.4, -0.2) is 24.3 Å². The Hall–Kier alpha value is -2.37. The first-order valence-electron chi connectivity index (χ1n) is 11.6. The van der Waals surface area contributed by atoms with E-state index in [4.69, 9.17) is 0 Å². The topological polar surface area (TPSA) is 87.3 Å². The summed E-state index contributed by atoms with van der Waals surface area (Å²) in [6.07, 6.45) is 7.08. The summed E-state index contributed by atoms with van der Waals surface area (Å²) in [5, 5.41) is 3.00. The van der Waals surface area contributed by atoms with E-state index in [1.165, 1.54) is 19.3 Å². The lowest BCUT2D eigenvalue weighted by atomic mass is 9.49. The number of hydrazine groups is 1. The van der Waals surface area contributed by atoms with Crippen molar-refractivity contribution in [2.24, 2.45) is 23.2 Å². The van der Waals surface area contributed by atoms with Crippen LogP contribution in [0.4, 0.5) is 0 Å². The minimum absolute atomic E-state index is 0.0177. The molecule has 0 spiro atoms. The largest absolute Gasteiger partial charge is 0.355 e. The molecular formula is C25H35N3O3. The van der Waals surface area contributed by atoms with E-state index in [1.54, 1.807) is 12.1 Å². The molecule has 0 atom stereocenters. The first kappa shape index (κ1) is 21.8. The van der Waals surface area contributed by atoms with Crippen molar-refractivity contribution in [3.05, 3.63) is 35.4 Å². The van der Waals surface area contributed by atoms with E-state index in [2.05, 4.69) is 36.9 Å². The Bertz CT molecular complexity index is 818. The molecule has 6 heteroatoms. The van der Waals surface area contributed by atoms with Gasteiger partial charge < -0.3 is 5.32 Å². The van der Waals surface area contributed by atoms with Crippen LogP contribution in [0.1, 0.15) is 81.6 Å². The summed E-state index contributed by atoms with van der Waals surface area (Å²) < 4.78 is 0. The summed E-state index contributed by atoms with van der Waals surface area (Å²) in [5.74, 6) is 1.60. The summed E-state index contributed by atoms with van der Waals surface area (Å²) in [6, 6.07) is 7.37. The van der Waals surface area contributed by atoms with Gasteiger partial charge in [0.05, 0.1) is 0 Å². The minimum atomic E-state index is -0.355. The summed E-state index contributed by atoms with van der Waals surface area (Å²) in [4.78, 5) is 37.3. The van der Waals surface area contributed by atoms with Gasteiger partial charge in [0.25, 0.3) is 5.91 Å². The molecule has 4 saturated carbocycles. The quantitative estimate of drug-likeness (QED) is 0.631. The summed E-state index contributed by atoms with van der Waals surface area (Å²) in [7, 11) is 0. The highest BCUT2D eigenvalue weighted by Crippen LogP contribution is 2.60. The highest BCUT2D eigenvalue weighted by molar-refractivity contribution is 5.95. The number of rotatable bonds is 5. The molecule has 1 aromatic rings. The van der Waals surface area contributed by atoms with Crippen LogP contribution in [0.3, 0.4) is 0 Å². The van der Waals surface area contributed by atoms with Gasteiger partial charge in [0, 0.05) is 23.9 Å². The van der Waals surface area contributed by atoms with Crippen LogP contribution in [0.25, 0.3) is 0 Å². The fourth-order valence-electron chi connectivity index (χ4n) is 6.25. The van der Waals surface area contributed by atoms with Crippen LogP contribution >= 0.6 is 0 Å². The average Bonchev–Trinajstić information content (AvgIpc) is 2.70. The Morgan fingerprint density at radius 2 is 1.45 bits per heavy atom. The van der Waals surface area contributed by atoms with E-state index >= 15 is 0 Å². The number of carbonyl (C=O) groups excluding carboxylic acids is 3. The molecule has 0 unspecified atom stereocenters. The fourth-order valence-corrected chi connectivity index (χ4v) is 6.25. The molecule has 168 valence electrons. The lowest BCUT2D eigenvalue weighted by Crippen LogP contribution is -2.54. The molecule has 0 heterocycles. The number of benzene rings is 1. The van der Waals surface area contributed by atoms with Gasteiger partial charge in [0.1, 0.15) is 0 Å². The van der Waals surface area contributed by atoms with Crippen molar-refractivity contribution in [2.75, 3.05) is 6.54 Å². The van der Waals surface area contributed by atoms with Crippen LogP contribution in [0, 0.1) is 23.2 Å². The predicted octanol–water partition coefficient (Wildman–Crippen LogP) is 3.47. The van der Waals surface area contributed by atoms with Gasteiger partial charge in [-0.25, -0.2) is 0 Å². The Labute approximate surface area is 184 Å². The monoisotopic (exact) mass is 425 g/mol. The summed E-state index contributed by atoms with van der Waals surface area (Å²) in [6.45, 7) is 6.64. The van der Waals surface area contributed by atoms with Crippen LogP contribution in [0.5, 0.6) is 0 Å². The standard InChI is InChI=1S/C25H35N3O3/c1-24(2,3)20-6-4-19(5-7-20)22(30)28-27-21(29)8-9-26-23(31)25-13-16-10-17(14-25)12-18(11-16)15-25/h4-7,16-18H,8-15H2,1-3H3,(H,26,31)(H,27,29)(H,28,30). The molecule has 0 radical (unpaired) electrons. The van der Waals surface area contributed by atoms with Crippen LogP contribution < -0.4 is 16.2 Å². The van der Waals surface area contributed by atoms with E-state index < -0.39 is 0 Å². The van der Waals surface area contributed by atoms with Gasteiger partial charge in [-0.15, -0.1) is 0 Å². The normalized spacial score (nSPS) is 28.8. The van der Waals surface area contributed by atoms with Crippen molar-refractivity contribution >= 4 is 17.7 Å². The van der Waals surface area contributed by atoms with E-state index in [9.17, 15) is 14.4 Å². The number of hydrogen-bond acceptors (Lipinski definition) is 3. The van der Waals surface area contributed by atoms with Crippen molar-refractivity contribution in [1.82, 2.24) is 16.2 Å². The molecular weight excluding hydrogens is 390 g/mol. The van der Waals surface area contributed by atoms with Gasteiger partial charge in [0.15, 0.2) is 0 Å². The number of hydrogen-bond donors (Lipinski definition) is 3. The molecule has 4 aliphatic rings. The van der Waals surface area contributed by atoms with Gasteiger partial charge in [-0.2, -0.15) is 0 Å². The third-order valence-electron chi connectivity index (χ3n) is 7.49. The highest BCUT2D eigenvalue weighted by atomic mass is 16.2. The van der Waals surface area contributed by atoms with Crippen molar-refractivity contribution < 1.29 is 14.4 Å². The Morgan fingerprint density at radius 1 is 0.903 bits per heavy atom. The molecule has 4 aliphatic carbocycles. The molecule has 3 amide bonds. The molecule has 0 aliphatic heterocycles. The first-order valence-corrected chi connectivity index (χ1v) is 11.6. The average molecular weight is 426 g/mol. The molecule has 6 nitrogen and oxygen atoms in total. The second-order valence-corrected chi connectivity index (χ2v) is 11.0. The molecule has 3 N–H and O–H groups in total. The van der Waals surface area contributed by atoms with Gasteiger partial charge in [0.2, 0.25) is 11.8 Å². The molecule has 0 saturated heterocycles. The molecule has 5 rings (SSSR count). The maximum absolute atomic E-state index is 12.9. The van der Waals surface area contributed by atoms with Crippen molar-refractivity contribution in [3.8, 4) is 0 Å². The van der Waals surface area contributed by atoms with Gasteiger partial charge in [-0.3, -0.25) is 25.2 Å². The second-order valence-electron chi connectivity index (χ2n) is 11.0. The first-order chi connectivity index (χ1) is 14.6. The van der Waals surface area contributed by atoms with Crippen molar-refractivity contribution in [1.29, 1.82) is 0 Å². The van der Waals surface area contributed by atoms with E-state index in [1.807, 2.05) is 12.1 Å². The van der Waals surface area contributed by atoms with Crippen LogP contribution in [0.2, 0.25) is 0 Å². The number of amides is 3. The lowest BCUT2D eigenvalue weighted by molar-refractivity contribution is -0.146. The van der Waals surface area contributed by atoms with Crippen LogP contribution in [0.15, 0.2) is 24.3 Å². The zero-order valence-electron chi connectivity index (χ0n) is 18.9. The molecule has 4 fully saturated rings. The van der Waals surface area contributed by atoms with Crippen LogP contribution in [-0.2, 0) is 15.0 Å². The van der Waals surface area contributed by atoms with E-state index in [-0.39, 0.29) is 35.0 Å². The minimum Gasteiger partial charge on any atom is -0.355 e. The Kier molecular flexibility index (Phi) is 5.84. The zero-order valence-corrected chi connectivity index (χ0v) is 18.9. The van der Waals surface area contributed by atoms with Crippen molar-refractivity contribution in [2.45, 2.75) is 71.1 Å². The SMILES string of the molecule is CC(C)(C)c1ccc(C(=O)NNC(=O)CCNC(=O)C23CC4CC(CC(C4)C2)C3)cc1.